The lowest BCUT2D eigenvalue weighted by Gasteiger charge is -2.35. The normalized spacial score (nSPS) is 20.4. The second-order valence-electron chi connectivity index (χ2n) is 6.67. The van der Waals surface area contributed by atoms with Crippen molar-refractivity contribution in [2.24, 2.45) is 0 Å². The van der Waals surface area contributed by atoms with Crippen LogP contribution in [0.5, 0.6) is 5.75 Å². The number of carbonyl (C=O) groups excluding carboxylic acids is 2. The minimum Gasteiger partial charge on any atom is -0.433 e. The van der Waals surface area contributed by atoms with Gasteiger partial charge in [-0.05, 0) is 31.0 Å². The van der Waals surface area contributed by atoms with Gasteiger partial charge in [0.05, 0.1) is 11.6 Å². The van der Waals surface area contributed by atoms with Crippen molar-refractivity contribution in [2.45, 2.75) is 25.6 Å². The van der Waals surface area contributed by atoms with E-state index in [1.165, 1.54) is 18.2 Å². The van der Waals surface area contributed by atoms with Gasteiger partial charge in [0.15, 0.2) is 0 Å². The highest BCUT2D eigenvalue weighted by atomic mass is 35.5. The first-order valence-corrected chi connectivity index (χ1v) is 9.47. The fourth-order valence-corrected chi connectivity index (χ4v) is 3.50. The molecule has 2 aliphatic rings. The lowest BCUT2D eigenvalue weighted by Crippen LogP contribution is -2.52. The number of anilines is 1. The molecule has 2 heterocycles. The maximum absolute atomic E-state index is 12.3. The Balaban J connectivity index is 1.44. The van der Waals surface area contributed by atoms with Gasteiger partial charge < -0.3 is 19.7 Å². The second kappa shape index (κ2) is 9.49. The maximum Gasteiger partial charge on any atom is 0.387 e. The molecule has 0 radical (unpaired) electrons. The van der Waals surface area contributed by atoms with Gasteiger partial charge in [0.2, 0.25) is 5.91 Å². The molecule has 3 rings (SSSR count). The Morgan fingerprint density at radius 1 is 1.29 bits per heavy atom. The molecule has 0 spiro atoms. The summed E-state index contributed by atoms with van der Waals surface area (Å²) in [5.41, 5.74) is 0.392. The standard InChI is InChI=1S/C18H22ClF2N3O4/c19-13-10-12(3-4-14(13)28-18(20)21)22-16(25)11-23-5-7-24(8-6-23)17(26)15-2-1-9-27-15/h3-4,10,15,18H,1-2,5-9,11H2,(H,22,25). The minimum absolute atomic E-state index is 0.0145. The summed E-state index contributed by atoms with van der Waals surface area (Å²) in [4.78, 5) is 28.3. The van der Waals surface area contributed by atoms with Gasteiger partial charge in [0.25, 0.3) is 5.91 Å². The van der Waals surface area contributed by atoms with Crippen LogP contribution in [0.3, 0.4) is 0 Å². The first kappa shape index (κ1) is 20.8. The molecule has 28 heavy (non-hydrogen) atoms. The summed E-state index contributed by atoms with van der Waals surface area (Å²) in [6.07, 6.45) is 1.36. The van der Waals surface area contributed by atoms with E-state index in [-0.39, 0.29) is 35.2 Å². The number of amides is 2. The van der Waals surface area contributed by atoms with Gasteiger partial charge in [-0.25, -0.2) is 0 Å². The van der Waals surface area contributed by atoms with E-state index in [0.29, 0.717) is 38.5 Å². The fourth-order valence-electron chi connectivity index (χ4n) is 3.28. The van der Waals surface area contributed by atoms with Gasteiger partial charge >= 0.3 is 6.61 Å². The van der Waals surface area contributed by atoms with Crippen LogP contribution in [0.25, 0.3) is 0 Å². The van der Waals surface area contributed by atoms with Crippen molar-refractivity contribution in [2.75, 3.05) is 44.6 Å². The Hall–Kier alpha value is -1.97. The van der Waals surface area contributed by atoms with Crippen LogP contribution >= 0.6 is 11.6 Å². The molecule has 10 heteroatoms. The summed E-state index contributed by atoms with van der Waals surface area (Å²) in [6, 6.07) is 4.08. The number of benzene rings is 1. The molecule has 1 aromatic rings. The van der Waals surface area contributed by atoms with Gasteiger partial charge in [-0.1, -0.05) is 11.6 Å². The van der Waals surface area contributed by atoms with Crippen molar-refractivity contribution in [1.29, 1.82) is 0 Å². The van der Waals surface area contributed by atoms with Crippen LogP contribution in [-0.4, -0.2) is 73.7 Å². The van der Waals surface area contributed by atoms with E-state index in [2.05, 4.69) is 10.1 Å². The van der Waals surface area contributed by atoms with E-state index in [9.17, 15) is 18.4 Å². The summed E-state index contributed by atoms with van der Waals surface area (Å²) in [5.74, 6) is -0.374. The van der Waals surface area contributed by atoms with Gasteiger partial charge in [0.1, 0.15) is 11.9 Å². The highest BCUT2D eigenvalue weighted by molar-refractivity contribution is 6.32. The Morgan fingerprint density at radius 3 is 2.64 bits per heavy atom. The van der Waals surface area contributed by atoms with Gasteiger partial charge in [-0.3, -0.25) is 14.5 Å². The first-order valence-electron chi connectivity index (χ1n) is 9.09. The summed E-state index contributed by atoms with van der Waals surface area (Å²) < 4.78 is 34.2. The molecule has 7 nitrogen and oxygen atoms in total. The van der Waals surface area contributed by atoms with Gasteiger partial charge in [-0.2, -0.15) is 8.78 Å². The van der Waals surface area contributed by atoms with Crippen molar-refractivity contribution in [1.82, 2.24) is 9.80 Å². The molecule has 1 unspecified atom stereocenters. The number of hydrogen-bond acceptors (Lipinski definition) is 5. The first-order chi connectivity index (χ1) is 13.4. The monoisotopic (exact) mass is 417 g/mol. The predicted molar refractivity (Wildman–Crippen MR) is 98.7 cm³/mol. The molecule has 2 fully saturated rings. The number of nitrogens with one attached hydrogen (secondary N) is 1. The second-order valence-corrected chi connectivity index (χ2v) is 7.08. The topological polar surface area (TPSA) is 71.1 Å². The molecule has 2 aliphatic heterocycles. The molecule has 2 saturated heterocycles. The number of hydrogen-bond donors (Lipinski definition) is 1. The minimum atomic E-state index is -2.97. The molecule has 0 saturated carbocycles. The highest BCUT2D eigenvalue weighted by Gasteiger charge is 2.30. The number of piperazine rings is 1. The van der Waals surface area contributed by atoms with Crippen molar-refractivity contribution >= 4 is 29.1 Å². The summed E-state index contributed by atoms with van der Waals surface area (Å²) >= 11 is 5.88. The lowest BCUT2D eigenvalue weighted by atomic mass is 10.2. The Bertz CT molecular complexity index is 708. The highest BCUT2D eigenvalue weighted by Crippen LogP contribution is 2.29. The number of halogens is 3. The van der Waals surface area contributed by atoms with E-state index in [0.717, 1.165) is 12.8 Å². The van der Waals surface area contributed by atoms with Gasteiger partial charge in [0, 0.05) is 38.5 Å². The molecule has 0 aromatic heterocycles. The van der Waals surface area contributed by atoms with Crippen LogP contribution in [0.2, 0.25) is 5.02 Å². The molecule has 2 amide bonds. The molecule has 1 atom stereocenters. The predicted octanol–water partition coefficient (Wildman–Crippen LogP) is 2.20. The Kier molecular flexibility index (Phi) is 7.03. The van der Waals surface area contributed by atoms with E-state index in [1.807, 2.05) is 4.90 Å². The van der Waals surface area contributed by atoms with Crippen molar-refractivity contribution < 1.29 is 27.8 Å². The van der Waals surface area contributed by atoms with Crippen LogP contribution in [0.1, 0.15) is 12.8 Å². The van der Waals surface area contributed by atoms with Crippen LogP contribution in [0, 0.1) is 0 Å². The lowest BCUT2D eigenvalue weighted by molar-refractivity contribution is -0.142. The fraction of sp³-hybridized carbons (Fsp3) is 0.556. The number of rotatable bonds is 6. The van der Waals surface area contributed by atoms with Crippen molar-refractivity contribution in [3.8, 4) is 5.75 Å². The van der Waals surface area contributed by atoms with E-state index in [4.69, 9.17) is 16.3 Å². The largest absolute Gasteiger partial charge is 0.433 e. The smallest absolute Gasteiger partial charge is 0.387 e. The zero-order chi connectivity index (χ0) is 20.1. The van der Waals surface area contributed by atoms with Crippen LogP contribution in [0.15, 0.2) is 18.2 Å². The molecule has 154 valence electrons. The van der Waals surface area contributed by atoms with Crippen molar-refractivity contribution in [3.05, 3.63) is 23.2 Å². The molecular formula is C18H22ClF2N3O4. The zero-order valence-electron chi connectivity index (χ0n) is 15.2. The number of alkyl halides is 2. The third-order valence-electron chi connectivity index (χ3n) is 4.69. The summed E-state index contributed by atoms with van der Waals surface area (Å²) in [6.45, 7) is 0.116. The number of ether oxygens (including phenoxy) is 2. The molecule has 0 aliphatic carbocycles. The van der Waals surface area contributed by atoms with Crippen LogP contribution in [-0.2, 0) is 14.3 Å². The molecule has 1 aromatic carbocycles. The third kappa shape index (κ3) is 5.52. The Labute approximate surface area is 166 Å². The van der Waals surface area contributed by atoms with Crippen molar-refractivity contribution in [3.63, 3.8) is 0 Å². The summed E-state index contributed by atoms with van der Waals surface area (Å²) in [7, 11) is 0. The molecule has 0 bridgehead atoms. The van der Waals surface area contributed by atoms with E-state index in [1.54, 1.807) is 4.90 Å². The SMILES string of the molecule is O=C(CN1CCN(C(=O)C2CCCO2)CC1)Nc1ccc(OC(F)F)c(Cl)c1. The quantitative estimate of drug-likeness (QED) is 0.768. The van der Waals surface area contributed by atoms with Crippen LogP contribution < -0.4 is 10.1 Å². The molecule has 1 N–H and O–H groups in total. The average molecular weight is 418 g/mol. The van der Waals surface area contributed by atoms with Crippen LogP contribution in [0.4, 0.5) is 14.5 Å². The third-order valence-corrected chi connectivity index (χ3v) is 4.98. The van der Waals surface area contributed by atoms with E-state index < -0.39 is 6.61 Å². The number of nitrogens with zero attached hydrogens (tertiary/aromatic N) is 2. The molecular weight excluding hydrogens is 396 g/mol. The zero-order valence-corrected chi connectivity index (χ0v) is 16.0. The number of carbonyl (C=O) groups is 2. The summed E-state index contributed by atoms with van der Waals surface area (Å²) in [5, 5.41) is 2.67. The Morgan fingerprint density at radius 2 is 2.04 bits per heavy atom. The average Bonchev–Trinajstić information content (AvgIpc) is 3.18. The van der Waals surface area contributed by atoms with Gasteiger partial charge in [-0.15, -0.1) is 0 Å². The van der Waals surface area contributed by atoms with E-state index >= 15 is 0 Å². The maximum atomic E-state index is 12.3.